The Morgan fingerprint density at radius 3 is 2.08 bits per heavy atom. The summed E-state index contributed by atoms with van der Waals surface area (Å²) in [5.74, 6) is -0.810. The monoisotopic (exact) mass is 1030 g/mol. The second kappa shape index (κ2) is 23.0. The number of para-hydroxylation sites is 1. The number of nitrogens with zero attached hydrogens (tertiary/aromatic N) is 4. The molecular weight excluding hydrogens is 977 g/mol. The molecule has 1 N–H and O–H groups in total. The molecule has 4 aliphatic rings. The number of imide groups is 1. The van der Waals surface area contributed by atoms with Crippen LogP contribution in [0.5, 0.6) is 5.75 Å². The van der Waals surface area contributed by atoms with Crippen molar-refractivity contribution in [3.05, 3.63) is 171 Å². The minimum atomic E-state index is -2.22. The topological polar surface area (TPSA) is 222 Å². The number of morpholine rings is 1. The zero-order valence-electron chi connectivity index (χ0n) is 41.9. The SMILES string of the molecule is COC(=O)C(CC#Cc1ccc2c(c1)[C@]1(C(=O)N2C(=O)OCc2ccc([N+](=O)[O-])cc2)[C@H](c2ccccc2OCCO)N2[C@H](c3ccccc3)[C@H](c3ccccc3)OC(=O)[C@H]2[C@@H]1C(=O)N1CCCCCCC1)C(=O)OC. The number of nitro benzene ring substituents is 1. The number of hydrogen-bond donors (Lipinski definition) is 1. The molecule has 5 aromatic carbocycles. The number of benzene rings is 5. The van der Waals surface area contributed by atoms with Crippen LogP contribution < -0.4 is 9.64 Å². The van der Waals surface area contributed by atoms with Crippen molar-refractivity contribution in [1.29, 1.82) is 0 Å². The number of carbonyl (C=O) groups excluding carboxylic acids is 6. The Balaban J connectivity index is 1.33. The highest BCUT2D eigenvalue weighted by atomic mass is 16.6. The number of nitro groups is 1. The number of ether oxygens (including phenoxy) is 5. The standard InChI is InChI=1S/C58H56N4O14/c1-72-53(65)43(54(66)73-2)23-16-17-37-27-30-45-44(35-37)58(56(68)60(45)57(69)75-36-38-25-28-41(29-26-38)62(70)71)47(52(64)59-31-14-4-3-5-15-32-59)49-55(67)76-50(40-20-10-7-11-21-40)48(39-18-8-6-9-19-39)61(49)51(58)42-22-12-13-24-46(42)74-34-33-63/h6-13,18-22,24-30,35,43,47-51,63H,3-5,14-15,23,31-34,36H2,1-2H3/t47-,48-,49-,50+,51+,58-/m1/s1. The largest absolute Gasteiger partial charge is 0.491 e. The van der Waals surface area contributed by atoms with Crippen LogP contribution in [0.4, 0.5) is 16.2 Å². The molecule has 0 radical (unpaired) electrons. The molecule has 3 fully saturated rings. The van der Waals surface area contributed by atoms with E-state index in [1.165, 1.54) is 36.4 Å². The first-order valence-corrected chi connectivity index (χ1v) is 25.2. The van der Waals surface area contributed by atoms with Crippen molar-refractivity contribution in [3.63, 3.8) is 0 Å². The van der Waals surface area contributed by atoms with Crippen molar-refractivity contribution >= 4 is 47.2 Å². The van der Waals surface area contributed by atoms with Gasteiger partial charge in [0.2, 0.25) is 11.8 Å². The van der Waals surface area contributed by atoms with Gasteiger partial charge in [-0.2, -0.15) is 0 Å². The zero-order valence-corrected chi connectivity index (χ0v) is 41.9. The van der Waals surface area contributed by atoms with E-state index in [-0.39, 0.29) is 47.9 Å². The molecule has 0 aromatic heterocycles. The Bertz CT molecular complexity index is 3050. The van der Waals surface area contributed by atoms with Crippen molar-refractivity contribution in [2.75, 3.05) is 45.4 Å². The number of esters is 3. The third-order valence-electron chi connectivity index (χ3n) is 14.7. The zero-order chi connectivity index (χ0) is 53.5. The molecule has 76 heavy (non-hydrogen) atoms. The summed E-state index contributed by atoms with van der Waals surface area (Å²) in [4.78, 5) is 105. The molecule has 4 aliphatic heterocycles. The molecule has 9 rings (SSSR count). The normalized spacial score (nSPS) is 22.0. The van der Waals surface area contributed by atoms with E-state index in [2.05, 4.69) is 11.8 Å². The quantitative estimate of drug-likeness (QED) is 0.0302. The molecule has 0 bridgehead atoms. The van der Waals surface area contributed by atoms with Crippen LogP contribution >= 0.6 is 0 Å². The van der Waals surface area contributed by atoms with Gasteiger partial charge < -0.3 is 33.7 Å². The second-order valence-electron chi connectivity index (χ2n) is 18.9. The predicted octanol–water partition coefficient (Wildman–Crippen LogP) is 7.46. The maximum atomic E-state index is 16.8. The summed E-state index contributed by atoms with van der Waals surface area (Å²) in [7, 11) is 2.27. The van der Waals surface area contributed by atoms with E-state index in [0.29, 0.717) is 48.2 Å². The van der Waals surface area contributed by atoms with Gasteiger partial charge in [0.1, 0.15) is 36.5 Å². The van der Waals surface area contributed by atoms with E-state index < -0.39 is 88.8 Å². The van der Waals surface area contributed by atoms with Crippen LogP contribution in [0, 0.1) is 33.8 Å². The Morgan fingerprint density at radius 2 is 1.43 bits per heavy atom. The summed E-state index contributed by atoms with van der Waals surface area (Å²) in [5.41, 5.74) is 0.0147. The highest BCUT2D eigenvalue weighted by Gasteiger charge is 2.76. The van der Waals surface area contributed by atoms with Gasteiger partial charge in [0.25, 0.3) is 5.69 Å². The van der Waals surface area contributed by atoms with Crippen molar-refractivity contribution in [1.82, 2.24) is 9.80 Å². The van der Waals surface area contributed by atoms with Gasteiger partial charge in [-0.3, -0.25) is 39.0 Å². The molecule has 18 heteroatoms. The lowest BCUT2D eigenvalue weighted by molar-refractivity contribution is -0.384. The van der Waals surface area contributed by atoms with E-state index in [4.69, 9.17) is 23.7 Å². The third-order valence-corrected chi connectivity index (χ3v) is 14.7. The number of hydrogen-bond acceptors (Lipinski definition) is 15. The fraction of sp³-hybridized carbons (Fsp3) is 0.345. The van der Waals surface area contributed by atoms with Crippen molar-refractivity contribution in [2.45, 2.75) is 74.8 Å². The summed E-state index contributed by atoms with van der Waals surface area (Å²) in [5, 5.41) is 21.7. The van der Waals surface area contributed by atoms with Crippen LogP contribution in [0.15, 0.2) is 127 Å². The maximum Gasteiger partial charge on any atom is 0.421 e. The molecule has 1 spiro atoms. The molecule has 6 atom stereocenters. The number of aliphatic hydroxyl groups is 1. The van der Waals surface area contributed by atoms with Crippen molar-refractivity contribution in [2.24, 2.45) is 11.8 Å². The highest BCUT2D eigenvalue weighted by molar-refractivity contribution is 6.23. The number of fused-ring (bicyclic) bond motifs is 3. The molecular formula is C58H56N4O14. The first-order valence-electron chi connectivity index (χ1n) is 25.2. The second-order valence-corrected chi connectivity index (χ2v) is 18.9. The van der Waals surface area contributed by atoms with Gasteiger partial charge >= 0.3 is 24.0 Å². The van der Waals surface area contributed by atoms with E-state index in [9.17, 15) is 24.8 Å². The minimum absolute atomic E-state index is 0.0135. The molecule has 3 saturated heterocycles. The van der Waals surface area contributed by atoms with Crippen LogP contribution in [0.25, 0.3) is 0 Å². The molecule has 5 aromatic rings. The van der Waals surface area contributed by atoms with Gasteiger partial charge in [-0.15, -0.1) is 0 Å². The number of rotatable bonds is 13. The van der Waals surface area contributed by atoms with Gasteiger partial charge in [-0.1, -0.05) is 110 Å². The van der Waals surface area contributed by atoms with Gasteiger partial charge in [0.15, 0.2) is 5.92 Å². The number of cyclic esters (lactones) is 1. The van der Waals surface area contributed by atoms with Crippen LogP contribution in [0.2, 0.25) is 0 Å². The van der Waals surface area contributed by atoms with E-state index in [1.807, 2.05) is 65.6 Å². The number of likely N-dealkylation sites (tertiary alicyclic amines) is 1. The molecule has 392 valence electrons. The summed E-state index contributed by atoms with van der Waals surface area (Å²) in [6.45, 7) is -0.333. The first kappa shape index (κ1) is 52.5. The number of anilines is 1. The lowest BCUT2D eigenvalue weighted by Gasteiger charge is -2.46. The molecule has 0 aliphatic carbocycles. The number of aliphatic hydroxyl groups excluding tert-OH is 1. The van der Waals surface area contributed by atoms with Gasteiger partial charge in [-0.25, -0.2) is 9.69 Å². The molecule has 4 heterocycles. The summed E-state index contributed by atoms with van der Waals surface area (Å²) >= 11 is 0. The number of amides is 3. The smallest absolute Gasteiger partial charge is 0.421 e. The number of methoxy groups -OCH3 is 2. The van der Waals surface area contributed by atoms with E-state index in [1.54, 1.807) is 35.2 Å². The fourth-order valence-corrected chi connectivity index (χ4v) is 11.3. The third kappa shape index (κ3) is 9.86. The Kier molecular flexibility index (Phi) is 15.9. The van der Waals surface area contributed by atoms with E-state index in [0.717, 1.165) is 38.4 Å². The molecule has 0 saturated carbocycles. The Labute approximate surface area is 438 Å². The van der Waals surface area contributed by atoms with Crippen molar-refractivity contribution in [3.8, 4) is 17.6 Å². The first-order chi connectivity index (χ1) is 36.9. The van der Waals surface area contributed by atoms with Crippen LogP contribution in [-0.4, -0.2) is 102 Å². The predicted molar refractivity (Wildman–Crippen MR) is 273 cm³/mol. The lowest BCUT2D eigenvalue weighted by atomic mass is 9.64. The average Bonchev–Trinajstić information content (AvgIpc) is 4.04. The Morgan fingerprint density at radius 1 is 0.803 bits per heavy atom. The van der Waals surface area contributed by atoms with Gasteiger partial charge in [-0.05, 0) is 71.5 Å². The van der Waals surface area contributed by atoms with Crippen LogP contribution in [0.3, 0.4) is 0 Å². The molecule has 3 amide bonds. The highest BCUT2D eigenvalue weighted by Crippen LogP contribution is 2.67. The summed E-state index contributed by atoms with van der Waals surface area (Å²) < 4.78 is 28.6. The van der Waals surface area contributed by atoms with E-state index >= 15 is 19.2 Å². The van der Waals surface area contributed by atoms with Gasteiger partial charge in [0.05, 0.1) is 49.4 Å². The summed E-state index contributed by atoms with van der Waals surface area (Å²) in [6.07, 6.45) is 1.48. The van der Waals surface area contributed by atoms with Crippen LogP contribution in [-0.2, 0) is 54.9 Å². The minimum Gasteiger partial charge on any atom is -0.491 e. The summed E-state index contributed by atoms with van der Waals surface area (Å²) in [6, 6.07) is 31.6. The molecule has 0 unspecified atom stereocenters. The Hall–Kier alpha value is -8.40. The molecule has 18 nitrogen and oxygen atoms in total. The number of carbonyl (C=O) groups is 6. The lowest BCUT2D eigenvalue weighted by Crippen LogP contribution is -2.56. The van der Waals surface area contributed by atoms with Crippen LogP contribution in [0.1, 0.15) is 90.1 Å². The van der Waals surface area contributed by atoms with Crippen molar-refractivity contribution < 1.29 is 62.5 Å². The number of non-ortho nitro benzene ring substituents is 1. The average molecular weight is 1030 g/mol. The fourth-order valence-electron chi connectivity index (χ4n) is 11.3. The maximum absolute atomic E-state index is 16.8. The van der Waals surface area contributed by atoms with Gasteiger partial charge in [0, 0.05) is 42.8 Å².